The molecule has 180 valence electrons. The Kier molecular flexibility index (Phi) is 7.95. The van der Waals surface area contributed by atoms with Crippen molar-refractivity contribution in [3.8, 4) is 17.6 Å². The molecule has 3 rings (SSSR count). The second kappa shape index (κ2) is 10.5. The van der Waals surface area contributed by atoms with Gasteiger partial charge in [0.1, 0.15) is 17.6 Å². The number of nitriles is 1. The monoisotopic (exact) mass is 514 g/mol. The number of hydrogen-bond donors (Lipinski definition) is 0. The lowest BCUT2D eigenvalue weighted by molar-refractivity contribution is -0.151. The smallest absolute Gasteiger partial charge is 0.416 e. The predicted octanol–water partition coefficient (Wildman–Crippen LogP) is 5.31. The van der Waals surface area contributed by atoms with Crippen LogP contribution in [0.15, 0.2) is 42.5 Å². The largest absolute Gasteiger partial charge is 0.492 e. The van der Waals surface area contributed by atoms with Crippen LogP contribution in [-0.2, 0) is 15.8 Å². The van der Waals surface area contributed by atoms with Crippen molar-refractivity contribution in [3.63, 3.8) is 0 Å². The zero-order valence-corrected chi connectivity index (χ0v) is 19.2. The summed E-state index contributed by atoms with van der Waals surface area (Å²) in [5.41, 5.74) is -3.45. The molecule has 0 N–H and O–H groups in total. The van der Waals surface area contributed by atoms with E-state index in [4.69, 9.17) is 32.7 Å². The number of hydrogen-bond acceptors (Lipinski definition) is 5. The predicted molar refractivity (Wildman–Crippen MR) is 118 cm³/mol. The van der Waals surface area contributed by atoms with Crippen LogP contribution >= 0.6 is 23.2 Å². The molecule has 0 bridgehead atoms. The molecule has 2 aromatic carbocycles. The Labute approximate surface area is 203 Å². The molecule has 1 amide bonds. The molecule has 1 atom stereocenters. The summed E-state index contributed by atoms with van der Waals surface area (Å²) in [6.07, 6.45) is -3.57. The molecule has 34 heavy (non-hydrogen) atoms. The maximum absolute atomic E-state index is 13.2. The molecule has 1 unspecified atom stereocenters. The molecule has 0 aliphatic carbocycles. The first-order chi connectivity index (χ1) is 16.1. The standard InChI is InChI=1S/C23H19Cl2F3N2O4/c24-16-5-1-2-6-19(16)34-22(14-29,21(32)30-10-3-4-11-30)20(31)9-12-33-18-8-7-15(13-17(18)25)23(26,27)28/h1-2,5-8,13H,3-4,9-12H2. The number of halogens is 5. The van der Waals surface area contributed by atoms with Gasteiger partial charge >= 0.3 is 11.8 Å². The molecular weight excluding hydrogens is 496 g/mol. The molecule has 1 aliphatic heterocycles. The van der Waals surface area contributed by atoms with Gasteiger partial charge in [0.25, 0.3) is 5.91 Å². The maximum atomic E-state index is 13.2. The fourth-order valence-electron chi connectivity index (χ4n) is 3.41. The van der Waals surface area contributed by atoms with Gasteiger partial charge in [-0.2, -0.15) is 18.4 Å². The molecule has 2 aromatic rings. The van der Waals surface area contributed by atoms with E-state index in [1.807, 2.05) is 0 Å². The summed E-state index contributed by atoms with van der Waals surface area (Å²) in [6.45, 7) is 0.394. The number of ether oxygens (including phenoxy) is 2. The van der Waals surface area contributed by atoms with Crippen molar-refractivity contribution in [2.45, 2.75) is 31.0 Å². The van der Waals surface area contributed by atoms with Gasteiger partial charge in [-0.05, 0) is 43.2 Å². The molecule has 0 saturated carbocycles. The van der Waals surface area contributed by atoms with Gasteiger partial charge in [-0.25, -0.2) is 0 Å². The fraction of sp³-hybridized carbons (Fsp3) is 0.348. The number of rotatable bonds is 8. The first-order valence-corrected chi connectivity index (χ1v) is 11.0. The average Bonchev–Trinajstić information content (AvgIpc) is 3.33. The highest BCUT2D eigenvalue weighted by Gasteiger charge is 2.51. The van der Waals surface area contributed by atoms with E-state index < -0.39 is 35.5 Å². The van der Waals surface area contributed by atoms with Gasteiger partial charge in [-0.1, -0.05) is 35.3 Å². The van der Waals surface area contributed by atoms with Crippen molar-refractivity contribution in [2.75, 3.05) is 19.7 Å². The van der Waals surface area contributed by atoms with Crippen LogP contribution in [0.4, 0.5) is 13.2 Å². The van der Waals surface area contributed by atoms with Crippen LogP contribution < -0.4 is 9.47 Å². The summed E-state index contributed by atoms with van der Waals surface area (Å²) in [5.74, 6) is -1.78. The van der Waals surface area contributed by atoms with Gasteiger partial charge in [0.05, 0.1) is 22.2 Å². The van der Waals surface area contributed by atoms with Crippen molar-refractivity contribution >= 4 is 34.9 Å². The summed E-state index contributed by atoms with van der Waals surface area (Å²) in [7, 11) is 0. The van der Waals surface area contributed by atoms with Crippen LogP contribution in [0.3, 0.4) is 0 Å². The lowest BCUT2D eigenvalue weighted by atomic mass is 9.95. The number of nitrogens with zero attached hydrogens (tertiary/aromatic N) is 2. The van der Waals surface area contributed by atoms with Crippen LogP contribution in [0.2, 0.25) is 10.0 Å². The van der Waals surface area contributed by atoms with Crippen LogP contribution in [-0.4, -0.2) is 41.9 Å². The van der Waals surface area contributed by atoms with Crippen molar-refractivity contribution in [1.82, 2.24) is 4.90 Å². The van der Waals surface area contributed by atoms with E-state index in [2.05, 4.69) is 0 Å². The minimum atomic E-state index is -4.57. The Morgan fingerprint density at radius 1 is 1.03 bits per heavy atom. The Hall–Kier alpha value is -2.96. The number of amides is 1. The Morgan fingerprint density at radius 3 is 2.29 bits per heavy atom. The van der Waals surface area contributed by atoms with Gasteiger partial charge in [-0.15, -0.1) is 0 Å². The number of carbonyl (C=O) groups is 2. The molecular formula is C23H19Cl2F3N2O4. The normalized spacial score (nSPS) is 15.4. The highest BCUT2D eigenvalue weighted by atomic mass is 35.5. The lowest BCUT2D eigenvalue weighted by Gasteiger charge is -2.29. The summed E-state index contributed by atoms with van der Waals surface area (Å²) in [4.78, 5) is 27.8. The number of para-hydroxylation sites is 1. The molecule has 0 aromatic heterocycles. The molecule has 11 heteroatoms. The molecule has 1 fully saturated rings. The zero-order valence-electron chi connectivity index (χ0n) is 17.7. The minimum absolute atomic E-state index is 0.0154. The number of alkyl halides is 3. The van der Waals surface area contributed by atoms with Crippen LogP contribution in [0.1, 0.15) is 24.8 Å². The second-order valence-electron chi connectivity index (χ2n) is 7.49. The number of likely N-dealkylation sites (tertiary alicyclic amines) is 1. The van der Waals surface area contributed by atoms with E-state index in [-0.39, 0.29) is 28.2 Å². The van der Waals surface area contributed by atoms with Gasteiger partial charge in [0, 0.05) is 19.5 Å². The molecule has 0 radical (unpaired) electrons. The maximum Gasteiger partial charge on any atom is 0.416 e. The van der Waals surface area contributed by atoms with Crippen LogP contribution in [0, 0.1) is 11.3 Å². The third kappa shape index (κ3) is 5.57. The zero-order chi connectivity index (χ0) is 24.9. The summed E-state index contributed by atoms with van der Waals surface area (Å²) < 4.78 is 49.4. The summed E-state index contributed by atoms with van der Waals surface area (Å²) >= 11 is 12.0. The van der Waals surface area contributed by atoms with Crippen LogP contribution in [0.5, 0.6) is 11.5 Å². The number of benzene rings is 2. The van der Waals surface area contributed by atoms with Crippen LogP contribution in [0.25, 0.3) is 0 Å². The minimum Gasteiger partial charge on any atom is -0.492 e. The number of ketones is 1. The topological polar surface area (TPSA) is 79.6 Å². The van der Waals surface area contributed by atoms with Crippen molar-refractivity contribution in [1.29, 1.82) is 5.26 Å². The highest BCUT2D eigenvalue weighted by Crippen LogP contribution is 2.35. The number of carbonyl (C=O) groups excluding carboxylic acids is 2. The lowest BCUT2D eigenvalue weighted by Crippen LogP contribution is -2.57. The Balaban J connectivity index is 1.79. The molecule has 6 nitrogen and oxygen atoms in total. The second-order valence-corrected chi connectivity index (χ2v) is 8.30. The van der Waals surface area contributed by atoms with Gasteiger partial charge < -0.3 is 14.4 Å². The molecule has 1 aliphatic rings. The fourth-order valence-corrected chi connectivity index (χ4v) is 3.82. The summed E-state index contributed by atoms with van der Waals surface area (Å²) in [5, 5.41) is 9.75. The van der Waals surface area contributed by atoms with Gasteiger partial charge in [0.15, 0.2) is 0 Å². The van der Waals surface area contributed by atoms with Gasteiger partial charge in [-0.3, -0.25) is 9.59 Å². The van der Waals surface area contributed by atoms with E-state index in [0.29, 0.717) is 19.2 Å². The van der Waals surface area contributed by atoms with E-state index in [0.717, 1.165) is 25.0 Å². The third-order valence-electron chi connectivity index (χ3n) is 5.19. The Morgan fingerprint density at radius 2 is 1.71 bits per heavy atom. The molecule has 1 heterocycles. The van der Waals surface area contributed by atoms with Gasteiger partial charge in [0.2, 0.25) is 5.78 Å². The SMILES string of the molecule is N#CC(Oc1ccccc1Cl)(C(=O)CCOc1ccc(C(F)(F)F)cc1Cl)C(=O)N1CCCC1. The molecule has 1 saturated heterocycles. The van der Waals surface area contributed by atoms with E-state index in [1.54, 1.807) is 18.2 Å². The van der Waals surface area contributed by atoms with Crippen molar-refractivity contribution in [2.24, 2.45) is 0 Å². The first-order valence-electron chi connectivity index (χ1n) is 10.3. The van der Waals surface area contributed by atoms with E-state index >= 15 is 0 Å². The average molecular weight is 515 g/mol. The highest BCUT2D eigenvalue weighted by molar-refractivity contribution is 6.32. The van der Waals surface area contributed by atoms with E-state index in [1.165, 1.54) is 17.0 Å². The van der Waals surface area contributed by atoms with Crippen molar-refractivity contribution in [3.05, 3.63) is 58.1 Å². The first kappa shape index (κ1) is 25.7. The summed E-state index contributed by atoms with van der Waals surface area (Å²) in [6, 6.07) is 10.4. The number of Topliss-reactive ketones (excluding diaryl/α,β-unsaturated/α-hetero) is 1. The third-order valence-corrected chi connectivity index (χ3v) is 5.80. The quantitative estimate of drug-likeness (QED) is 0.445. The Bertz CT molecular complexity index is 1110. The van der Waals surface area contributed by atoms with E-state index in [9.17, 15) is 28.0 Å². The van der Waals surface area contributed by atoms with Crippen molar-refractivity contribution < 1.29 is 32.2 Å². The molecule has 0 spiro atoms.